The van der Waals surface area contributed by atoms with Crippen LogP contribution in [-0.4, -0.2) is 68.2 Å². The van der Waals surface area contributed by atoms with Gasteiger partial charge in [-0.3, -0.25) is 4.79 Å². The van der Waals surface area contributed by atoms with Gasteiger partial charge in [-0.1, -0.05) is 0 Å². The third kappa shape index (κ3) is 2.37. The van der Waals surface area contributed by atoms with Crippen molar-refractivity contribution >= 4 is 11.9 Å². The molecule has 3 rings (SSSR count). The van der Waals surface area contributed by atoms with Crippen LogP contribution in [0.4, 0.5) is 4.79 Å². The molecular weight excluding hydrogens is 258 g/mol. The van der Waals surface area contributed by atoms with Crippen molar-refractivity contribution in [1.82, 2.24) is 15.1 Å². The predicted molar refractivity (Wildman–Crippen MR) is 73.1 cm³/mol. The van der Waals surface area contributed by atoms with E-state index in [4.69, 9.17) is 4.74 Å². The molecule has 0 spiro atoms. The Morgan fingerprint density at radius 2 is 1.85 bits per heavy atom. The third-order valence-corrected chi connectivity index (χ3v) is 4.87. The van der Waals surface area contributed by atoms with Gasteiger partial charge in [-0.2, -0.15) is 0 Å². The van der Waals surface area contributed by atoms with Gasteiger partial charge in [-0.15, -0.1) is 0 Å². The Morgan fingerprint density at radius 1 is 1.10 bits per heavy atom. The van der Waals surface area contributed by atoms with E-state index in [9.17, 15) is 9.59 Å². The second kappa shape index (κ2) is 5.60. The summed E-state index contributed by atoms with van der Waals surface area (Å²) in [6, 6.07) is 0.146. The highest BCUT2D eigenvalue weighted by Gasteiger charge is 2.45. The van der Waals surface area contributed by atoms with Gasteiger partial charge in [0.2, 0.25) is 5.91 Å². The van der Waals surface area contributed by atoms with E-state index in [-0.39, 0.29) is 23.8 Å². The largest absolute Gasteiger partial charge is 0.380 e. The summed E-state index contributed by atoms with van der Waals surface area (Å²) >= 11 is 0. The molecular formula is C14H23N3O3. The van der Waals surface area contributed by atoms with Gasteiger partial charge in [0.25, 0.3) is 0 Å². The Hall–Kier alpha value is -1.30. The van der Waals surface area contributed by atoms with Crippen molar-refractivity contribution in [2.75, 3.05) is 46.4 Å². The number of nitrogens with one attached hydrogen (secondary N) is 1. The number of amides is 3. The fraction of sp³-hybridized carbons (Fsp3) is 0.857. The maximum Gasteiger partial charge on any atom is 0.320 e. The van der Waals surface area contributed by atoms with Crippen molar-refractivity contribution in [1.29, 1.82) is 0 Å². The van der Waals surface area contributed by atoms with Crippen LogP contribution in [0.15, 0.2) is 0 Å². The maximum absolute atomic E-state index is 12.4. The first-order valence-electron chi connectivity index (χ1n) is 7.54. The van der Waals surface area contributed by atoms with Gasteiger partial charge in [-0.05, 0) is 18.8 Å². The minimum Gasteiger partial charge on any atom is -0.380 e. The summed E-state index contributed by atoms with van der Waals surface area (Å²) in [4.78, 5) is 28.2. The highest BCUT2D eigenvalue weighted by atomic mass is 16.5. The topological polar surface area (TPSA) is 61.9 Å². The van der Waals surface area contributed by atoms with Crippen LogP contribution in [-0.2, 0) is 9.53 Å². The zero-order valence-electron chi connectivity index (χ0n) is 12.0. The molecule has 0 aliphatic carbocycles. The van der Waals surface area contributed by atoms with E-state index in [0.717, 1.165) is 32.5 Å². The fourth-order valence-electron chi connectivity index (χ4n) is 3.72. The average molecular weight is 281 g/mol. The van der Waals surface area contributed by atoms with Crippen molar-refractivity contribution in [2.24, 2.45) is 17.8 Å². The third-order valence-electron chi connectivity index (χ3n) is 4.87. The number of fused-ring (bicyclic) bond motifs is 1. The van der Waals surface area contributed by atoms with Gasteiger partial charge >= 0.3 is 6.03 Å². The van der Waals surface area contributed by atoms with Crippen LogP contribution in [0.5, 0.6) is 0 Å². The molecule has 0 aromatic heterocycles. The Morgan fingerprint density at radius 3 is 2.55 bits per heavy atom. The first kappa shape index (κ1) is 13.7. The van der Waals surface area contributed by atoms with E-state index < -0.39 is 0 Å². The number of urea groups is 1. The van der Waals surface area contributed by atoms with Crippen LogP contribution in [0, 0.1) is 17.8 Å². The number of ether oxygens (including phenoxy) is 1. The highest BCUT2D eigenvalue weighted by Crippen LogP contribution is 2.34. The summed E-state index contributed by atoms with van der Waals surface area (Å²) in [5, 5.41) is 2.71. The molecule has 0 bridgehead atoms. The van der Waals surface area contributed by atoms with Gasteiger partial charge in [0, 0.05) is 39.1 Å². The van der Waals surface area contributed by atoms with Crippen LogP contribution in [0.1, 0.15) is 12.8 Å². The number of carbonyl (C=O) groups excluding carboxylic acids is 2. The number of hydrogen-bond donors (Lipinski definition) is 1. The molecule has 112 valence electrons. The molecule has 3 fully saturated rings. The molecule has 3 heterocycles. The molecule has 6 nitrogen and oxygen atoms in total. The normalized spacial score (nSPS) is 33.1. The SMILES string of the molecule is CNC(=O)[C@@H]1COC[C@H]2CN(C(=O)N3CCCC3)C[C@H]21. The summed E-state index contributed by atoms with van der Waals surface area (Å²) in [6.07, 6.45) is 2.22. The Balaban J connectivity index is 1.67. The molecule has 0 aromatic rings. The number of likely N-dealkylation sites (tertiary alicyclic amines) is 2. The minimum atomic E-state index is -0.116. The smallest absolute Gasteiger partial charge is 0.320 e. The van der Waals surface area contributed by atoms with E-state index in [1.165, 1.54) is 0 Å². The molecule has 0 saturated carbocycles. The lowest BCUT2D eigenvalue weighted by atomic mass is 9.82. The number of carbonyl (C=O) groups is 2. The van der Waals surface area contributed by atoms with Crippen LogP contribution in [0.2, 0.25) is 0 Å². The molecule has 0 radical (unpaired) electrons. The minimum absolute atomic E-state index is 0.0372. The monoisotopic (exact) mass is 281 g/mol. The zero-order valence-corrected chi connectivity index (χ0v) is 12.0. The van der Waals surface area contributed by atoms with Gasteiger partial charge in [0.05, 0.1) is 19.1 Å². The molecule has 1 N–H and O–H groups in total. The van der Waals surface area contributed by atoms with Gasteiger partial charge < -0.3 is 19.9 Å². The second-order valence-electron chi connectivity index (χ2n) is 6.06. The summed E-state index contributed by atoms with van der Waals surface area (Å²) in [5.74, 6) is 0.471. The molecule has 3 amide bonds. The standard InChI is InChI=1S/C14H23N3O3/c1-15-13(18)12-9-20-8-10-6-17(7-11(10)12)14(19)16-4-2-3-5-16/h10-12H,2-9H2,1H3,(H,15,18)/t10-,11-,12-/m1/s1. The second-order valence-corrected chi connectivity index (χ2v) is 6.06. The van der Waals surface area contributed by atoms with E-state index >= 15 is 0 Å². The Bertz CT molecular complexity index is 395. The van der Waals surface area contributed by atoms with E-state index in [2.05, 4.69) is 5.32 Å². The van der Waals surface area contributed by atoms with Crippen LogP contribution >= 0.6 is 0 Å². The molecule has 6 heteroatoms. The molecule has 3 atom stereocenters. The summed E-state index contributed by atoms with van der Waals surface area (Å²) < 4.78 is 5.56. The number of nitrogens with zero attached hydrogens (tertiary/aromatic N) is 2. The van der Waals surface area contributed by atoms with Crippen molar-refractivity contribution in [3.8, 4) is 0 Å². The fourth-order valence-corrected chi connectivity index (χ4v) is 3.72. The van der Waals surface area contributed by atoms with Crippen LogP contribution < -0.4 is 5.32 Å². The lowest BCUT2D eigenvalue weighted by Gasteiger charge is -2.31. The quantitative estimate of drug-likeness (QED) is 0.744. The zero-order chi connectivity index (χ0) is 14.1. The molecule has 20 heavy (non-hydrogen) atoms. The van der Waals surface area contributed by atoms with Crippen molar-refractivity contribution in [3.63, 3.8) is 0 Å². The summed E-state index contributed by atoms with van der Waals surface area (Å²) in [6.45, 7) is 4.32. The van der Waals surface area contributed by atoms with Crippen molar-refractivity contribution in [3.05, 3.63) is 0 Å². The average Bonchev–Trinajstić information content (AvgIpc) is 3.13. The molecule has 3 saturated heterocycles. The lowest BCUT2D eigenvalue weighted by Crippen LogP contribution is -2.44. The van der Waals surface area contributed by atoms with E-state index in [0.29, 0.717) is 25.7 Å². The summed E-state index contributed by atoms with van der Waals surface area (Å²) in [5.41, 5.74) is 0. The highest BCUT2D eigenvalue weighted by molar-refractivity contribution is 5.79. The van der Waals surface area contributed by atoms with Crippen molar-refractivity contribution < 1.29 is 14.3 Å². The molecule has 3 aliphatic heterocycles. The van der Waals surface area contributed by atoms with Crippen LogP contribution in [0.25, 0.3) is 0 Å². The molecule has 0 aromatic carbocycles. The van der Waals surface area contributed by atoms with E-state index in [1.807, 2.05) is 9.80 Å². The van der Waals surface area contributed by atoms with Gasteiger partial charge in [0.15, 0.2) is 0 Å². The van der Waals surface area contributed by atoms with Crippen LogP contribution in [0.3, 0.4) is 0 Å². The number of hydrogen-bond acceptors (Lipinski definition) is 3. The Kier molecular flexibility index (Phi) is 3.83. The molecule has 3 aliphatic rings. The first-order valence-corrected chi connectivity index (χ1v) is 7.54. The summed E-state index contributed by atoms with van der Waals surface area (Å²) in [7, 11) is 1.66. The number of rotatable bonds is 1. The first-order chi connectivity index (χ1) is 9.70. The molecule has 0 unspecified atom stereocenters. The maximum atomic E-state index is 12.4. The Labute approximate surface area is 119 Å². The van der Waals surface area contributed by atoms with E-state index in [1.54, 1.807) is 7.05 Å². The van der Waals surface area contributed by atoms with Gasteiger partial charge in [-0.25, -0.2) is 4.79 Å². The van der Waals surface area contributed by atoms with Gasteiger partial charge in [0.1, 0.15) is 0 Å². The van der Waals surface area contributed by atoms with Crippen molar-refractivity contribution in [2.45, 2.75) is 12.8 Å². The predicted octanol–water partition coefficient (Wildman–Crippen LogP) is 0.143. The lowest BCUT2D eigenvalue weighted by molar-refractivity contribution is -0.133.